The molecule has 0 aromatic heterocycles. The Balaban J connectivity index is 0.000000336. The molecule has 1 rings (SSSR count). The Morgan fingerprint density at radius 1 is 1.27 bits per heavy atom. The van der Waals surface area contributed by atoms with E-state index in [4.69, 9.17) is 17.5 Å². The fraction of sp³-hybridized carbons (Fsp3) is 1.00. The van der Waals surface area contributed by atoms with Crippen LogP contribution < -0.4 is 0 Å². The Morgan fingerprint density at radius 3 is 1.87 bits per heavy atom. The maximum absolute atomic E-state index is 8.74. The molecule has 0 aromatic rings. The Kier molecular flexibility index (Phi) is 5.68. The lowest BCUT2D eigenvalue weighted by molar-refractivity contribution is -0.911. The molecule has 0 unspecified atom stereocenters. The van der Waals surface area contributed by atoms with Gasteiger partial charge in [-0.3, -0.25) is 14.0 Å². The van der Waals surface area contributed by atoms with Gasteiger partial charge in [-0.15, -0.1) is 0 Å². The van der Waals surface area contributed by atoms with Gasteiger partial charge in [0.15, 0.2) is 0 Å². The molecular weight excluding hydrogens is 220 g/mol. The molecule has 1 fully saturated rings. The normalized spacial score (nSPS) is 21.7. The summed E-state index contributed by atoms with van der Waals surface area (Å²) in [7, 11) is -0.105. The summed E-state index contributed by atoms with van der Waals surface area (Å²) in [5.74, 6) is 0. The molecule has 0 amide bonds. The summed E-state index contributed by atoms with van der Waals surface area (Å²) >= 11 is 0. The van der Waals surface area contributed by atoms with Crippen molar-refractivity contribution in [2.75, 3.05) is 46.8 Å². The molecule has 1 aliphatic heterocycles. The predicted octanol–water partition coefficient (Wildman–Crippen LogP) is -0.254. The second-order valence-corrected chi connectivity index (χ2v) is 5.03. The van der Waals surface area contributed by atoms with Gasteiger partial charge >= 0.3 is 10.4 Å². The standard InChI is InChI=1S/C8H19N2.H2O4S/c1-4-10(3)7-5-9(2)6-8-10;1-5(2,3)4/h4-8H2,1-3H3;(H2,1,2,3,4)/q+1;. The molecule has 7 heteroatoms. The zero-order valence-electron chi connectivity index (χ0n) is 9.55. The van der Waals surface area contributed by atoms with E-state index in [9.17, 15) is 0 Å². The van der Waals surface area contributed by atoms with E-state index in [0.29, 0.717) is 0 Å². The van der Waals surface area contributed by atoms with Gasteiger partial charge in [0.25, 0.3) is 0 Å². The smallest absolute Gasteiger partial charge is 0.324 e. The number of quaternary nitrogens is 1. The lowest BCUT2D eigenvalue weighted by Gasteiger charge is -2.40. The summed E-state index contributed by atoms with van der Waals surface area (Å²) < 4.78 is 32.9. The largest absolute Gasteiger partial charge is 0.394 e. The molecule has 0 bridgehead atoms. The van der Waals surface area contributed by atoms with Crippen molar-refractivity contribution in [1.29, 1.82) is 0 Å². The summed E-state index contributed by atoms with van der Waals surface area (Å²) in [4.78, 5) is 2.41. The van der Waals surface area contributed by atoms with Crippen molar-refractivity contribution >= 4 is 10.4 Å². The van der Waals surface area contributed by atoms with Gasteiger partial charge < -0.3 is 4.48 Å². The molecule has 1 aliphatic rings. The van der Waals surface area contributed by atoms with Gasteiger partial charge in [-0.1, -0.05) is 0 Å². The average Bonchev–Trinajstić information content (AvgIpc) is 2.08. The number of likely N-dealkylation sites (N-methyl/N-ethyl adjacent to an activating group) is 2. The molecule has 0 radical (unpaired) electrons. The third-order valence-corrected chi connectivity index (χ3v) is 2.81. The van der Waals surface area contributed by atoms with Gasteiger partial charge in [0, 0.05) is 13.1 Å². The van der Waals surface area contributed by atoms with Crippen LogP contribution in [0.15, 0.2) is 0 Å². The highest BCUT2D eigenvalue weighted by Gasteiger charge is 2.24. The first-order chi connectivity index (χ1) is 6.66. The Bertz CT molecular complexity index is 262. The van der Waals surface area contributed by atoms with Crippen LogP contribution in [-0.4, -0.2) is 73.7 Å². The van der Waals surface area contributed by atoms with E-state index >= 15 is 0 Å². The maximum atomic E-state index is 8.74. The van der Waals surface area contributed by atoms with Crippen LogP contribution in [0.3, 0.4) is 0 Å². The first-order valence-electron chi connectivity index (χ1n) is 4.88. The van der Waals surface area contributed by atoms with Crippen LogP contribution in [0.4, 0.5) is 0 Å². The minimum atomic E-state index is -4.67. The minimum Gasteiger partial charge on any atom is -0.324 e. The van der Waals surface area contributed by atoms with Crippen LogP contribution in [0.1, 0.15) is 6.92 Å². The zero-order valence-corrected chi connectivity index (χ0v) is 10.4. The highest BCUT2D eigenvalue weighted by molar-refractivity contribution is 7.79. The number of hydrogen-bond acceptors (Lipinski definition) is 3. The number of piperazine rings is 1. The third-order valence-electron chi connectivity index (χ3n) is 2.81. The second kappa shape index (κ2) is 5.76. The summed E-state index contributed by atoms with van der Waals surface area (Å²) in [6.45, 7) is 8.76. The van der Waals surface area contributed by atoms with Crippen LogP contribution in [0.5, 0.6) is 0 Å². The average molecular weight is 241 g/mol. The van der Waals surface area contributed by atoms with Gasteiger partial charge in [-0.2, -0.15) is 8.42 Å². The van der Waals surface area contributed by atoms with E-state index in [1.165, 1.54) is 37.2 Å². The van der Waals surface area contributed by atoms with Crippen molar-refractivity contribution < 1.29 is 22.0 Å². The van der Waals surface area contributed by atoms with E-state index in [1.54, 1.807) is 0 Å². The molecule has 0 spiro atoms. The Labute approximate surface area is 91.7 Å². The number of nitrogens with zero attached hydrogens (tertiary/aromatic N) is 2. The summed E-state index contributed by atoms with van der Waals surface area (Å²) in [5, 5.41) is 0. The van der Waals surface area contributed by atoms with Crippen molar-refractivity contribution in [3.05, 3.63) is 0 Å². The minimum absolute atomic E-state index is 1.27. The highest BCUT2D eigenvalue weighted by atomic mass is 32.3. The SMILES string of the molecule is CC[N+]1(C)CCN(C)CC1.O=S(=O)(O)O. The fourth-order valence-electron chi connectivity index (χ4n) is 1.36. The van der Waals surface area contributed by atoms with E-state index in [-0.39, 0.29) is 0 Å². The van der Waals surface area contributed by atoms with Gasteiger partial charge in [-0.25, -0.2) is 0 Å². The van der Waals surface area contributed by atoms with E-state index in [2.05, 4.69) is 25.9 Å². The molecular formula is C8H21N2O4S+. The van der Waals surface area contributed by atoms with Crippen molar-refractivity contribution in [3.8, 4) is 0 Å². The molecule has 1 heterocycles. The molecule has 15 heavy (non-hydrogen) atoms. The predicted molar refractivity (Wildman–Crippen MR) is 58.1 cm³/mol. The Hall–Kier alpha value is -0.210. The van der Waals surface area contributed by atoms with Crippen molar-refractivity contribution in [3.63, 3.8) is 0 Å². The summed E-state index contributed by atoms with van der Waals surface area (Å²) in [6, 6.07) is 0. The molecule has 1 saturated heterocycles. The quantitative estimate of drug-likeness (QED) is 0.489. The van der Waals surface area contributed by atoms with E-state index in [1.807, 2.05) is 0 Å². The lowest BCUT2D eigenvalue weighted by atomic mass is 10.3. The number of rotatable bonds is 1. The Morgan fingerprint density at radius 2 is 1.60 bits per heavy atom. The van der Waals surface area contributed by atoms with Crippen LogP contribution in [0.2, 0.25) is 0 Å². The van der Waals surface area contributed by atoms with Crippen molar-refractivity contribution in [2.24, 2.45) is 0 Å². The zero-order chi connectivity index (χ0) is 12.1. The maximum Gasteiger partial charge on any atom is 0.394 e. The summed E-state index contributed by atoms with van der Waals surface area (Å²) in [5.41, 5.74) is 0. The molecule has 92 valence electrons. The van der Waals surface area contributed by atoms with Gasteiger partial charge in [0.1, 0.15) is 0 Å². The van der Waals surface area contributed by atoms with Crippen molar-refractivity contribution in [1.82, 2.24) is 4.90 Å². The van der Waals surface area contributed by atoms with E-state index < -0.39 is 10.4 Å². The third kappa shape index (κ3) is 8.76. The topological polar surface area (TPSA) is 77.8 Å². The van der Waals surface area contributed by atoms with Gasteiger partial charge in [0.2, 0.25) is 0 Å². The van der Waals surface area contributed by atoms with Crippen LogP contribution in [0, 0.1) is 0 Å². The first kappa shape index (κ1) is 14.8. The highest BCUT2D eigenvalue weighted by Crippen LogP contribution is 2.06. The summed E-state index contributed by atoms with van der Waals surface area (Å²) in [6.07, 6.45) is 0. The van der Waals surface area contributed by atoms with Gasteiger partial charge in [0.05, 0.1) is 26.7 Å². The first-order valence-corrected chi connectivity index (χ1v) is 6.28. The molecule has 0 atom stereocenters. The van der Waals surface area contributed by atoms with E-state index in [0.717, 1.165) is 0 Å². The molecule has 0 aliphatic carbocycles. The van der Waals surface area contributed by atoms with Crippen LogP contribution in [-0.2, 0) is 10.4 Å². The second-order valence-electron chi connectivity index (χ2n) is 4.13. The van der Waals surface area contributed by atoms with Crippen LogP contribution in [0.25, 0.3) is 0 Å². The molecule has 6 nitrogen and oxygen atoms in total. The fourth-order valence-corrected chi connectivity index (χ4v) is 1.36. The van der Waals surface area contributed by atoms with Crippen LogP contribution >= 0.6 is 0 Å². The van der Waals surface area contributed by atoms with Gasteiger partial charge in [-0.05, 0) is 14.0 Å². The monoisotopic (exact) mass is 241 g/mol. The molecule has 2 N–H and O–H groups in total. The van der Waals surface area contributed by atoms with Crippen molar-refractivity contribution in [2.45, 2.75) is 6.92 Å². The lowest BCUT2D eigenvalue weighted by Crippen LogP contribution is -2.56. The molecule has 0 saturated carbocycles. The molecule has 0 aromatic carbocycles. The number of hydrogen-bond donors (Lipinski definition) is 2.